The Hall–Kier alpha value is -1.37. The van der Waals surface area contributed by atoms with Crippen molar-refractivity contribution in [1.29, 1.82) is 0 Å². The molecule has 1 aromatic carbocycles. The molecule has 27 heavy (non-hydrogen) atoms. The molecule has 0 bridgehead atoms. The molecule has 0 radical (unpaired) electrons. The average Bonchev–Trinajstić information content (AvgIpc) is 2.62. The molecule has 0 saturated carbocycles. The highest BCUT2D eigenvalue weighted by atomic mass is 16.5. The van der Waals surface area contributed by atoms with Crippen LogP contribution in [-0.2, 0) is 9.39 Å². The molecule has 1 aliphatic rings. The lowest BCUT2D eigenvalue weighted by atomic mass is 9.81. The summed E-state index contributed by atoms with van der Waals surface area (Å²) in [6.45, 7) is 13.8. The van der Waals surface area contributed by atoms with Crippen LogP contribution in [0, 0.1) is 6.92 Å². The summed E-state index contributed by atoms with van der Waals surface area (Å²) in [5.41, 5.74) is 2.06. The fourth-order valence-corrected chi connectivity index (χ4v) is 3.35. The first-order valence-corrected chi connectivity index (χ1v) is 9.90. The fraction of sp³-hybridized carbons (Fsp3) is 0.667. The molecule has 6 heteroatoms. The summed E-state index contributed by atoms with van der Waals surface area (Å²) < 4.78 is 11.5. The Morgan fingerprint density at radius 1 is 1.30 bits per heavy atom. The van der Waals surface area contributed by atoms with Gasteiger partial charge >= 0.3 is 7.48 Å². The third-order valence-electron chi connectivity index (χ3n) is 5.96. The minimum absolute atomic E-state index is 0.344. The Kier molecular flexibility index (Phi) is 7.11. The maximum absolute atomic E-state index is 11.7. The molecule has 1 saturated heterocycles. The van der Waals surface area contributed by atoms with E-state index in [2.05, 4.69) is 17.9 Å². The molecule has 1 N–H and O–H groups in total. The van der Waals surface area contributed by atoms with Gasteiger partial charge in [-0.05, 0) is 71.5 Å². The van der Waals surface area contributed by atoms with Gasteiger partial charge in [-0.1, -0.05) is 6.07 Å². The molecule has 1 heterocycles. The SMILES string of the molecule is CCN(c1cc(BOC(C)(C)C(C)(C)O)cc(C=O)c1C)C1CCOCC1. The van der Waals surface area contributed by atoms with Gasteiger partial charge in [-0.3, -0.25) is 4.79 Å². The van der Waals surface area contributed by atoms with Gasteiger partial charge in [-0.25, -0.2) is 0 Å². The summed E-state index contributed by atoms with van der Waals surface area (Å²) in [5, 5.41) is 10.3. The minimum atomic E-state index is -0.967. The first-order chi connectivity index (χ1) is 12.6. The summed E-state index contributed by atoms with van der Waals surface area (Å²) in [4.78, 5) is 14.0. The molecular formula is C21H34BNO4. The average molecular weight is 375 g/mol. The van der Waals surface area contributed by atoms with E-state index in [1.807, 2.05) is 26.8 Å². The van der Waals surface area contributed by atoms with Crippen molar-refractivity contribution in [2.75, 3.05) is 24.7 Å². The standard InChI is InChI=1S/C21H34BNO4/c1-7-23(18-8-10-26-11-9-18)19-13-17(12-16(14-24)15(19)2)22-27-21(5,6)20(3,4)25/h12-14,18,22,25H,7-11H2,1-6H3. The Bertz CT molecular complexity index is 648. The zero-order chi connectivity index (χ0) is 20.2. The Labute approximate surface area is 164 Å². The van der Waals surface area contributed by atoms with Crippen LogP contribution in [-0.4, -0.2) is 55.9 Å². The van der Waals surface area contributed by atoms with Crippen LogP contribution in [0.4, 0.5) is 5.69 Å². The number of benzene rings is 1. The van der Waals surface area contributed by atoms with Crippen LogP contribution in [0.15, 0.2) is 12.1 Å². The molecule has 1 aromatic rings. The largest absolute Gasteiger partial charge is 0.427 e. The van der Waals surface area contributed by atoms with E-state index in [-0.39, 0.29) is 0 Å². The maximum Gasteiger partial charge on any atom is 0.309 e. The number of ether oxygens (including phenoxy) is 1. The van der Waals surface area contributed by atoms with Gasteiger partial charge in [0, 0.05) is 37.1 Å². The predicted molar refractivity (Wildman–Crippen MR) is 112 cm³/mol. The third kappa shape index (κ3) is 5.12. The number of nitrogens with zero attached hydrogens (tertiary/aromatic N) is 1. The lowest BCUT2D eigenvalue weighted by Crippen LogP contribution is -2.49. The van der Waals surface area contributed by atoms with E-state index in [4.69, 9.17) is 9.39 Å². The van der Waals surface area contributed by atoms with Gasteiger partial charge in [0.2, 0.25) is 0 Å². The van der Waals surface area contributed by atoms with Crippen molar-refractivity contribution < 1.29 is 19.3 Å². The van der Waals surface area contributed by atoms with Gasteiger partial charge in [-0.2, -0.15) is 0 Å². The molecule has 0 atom stereocenters. The van der Waals surface area contributed by atoms with E-state index in [1.165, 1.54) is 0 Å². The number of carbonyl (C=O) groups is 1. The van der Waals surface area contributed by atoms with E-state index < -0.39 is 11.2 Å². The van der Waals surface area contributed by atoms with E-state index >= 15 is 0 Å². The zero-order valence-corrected chi connectivity index (χ0v) is 17.7. The molecule has 5 nitrogen and oxygen atoms in total. The van der Waals surface area contributed by atoms with Crippen LogP contribution in [0.1, 0.15) is 63.4 Å². The topological polar surface area (TPSA) is 59.0 Å². The van der Waals surface area contributed by atoms with Crippen LogP contribution in [0.2, 0.25) is 0 Å². The highest BCUT2D eigenvalue weighted by molar-refractivity contribution is 6.47. The molecule has 1 aliphatic heterocycles. The molecule has 0 aromatic heterocycles. The van der Waals surface area contributed by atoms with E-state index in [0.29, 0.717) is 19.1 Å². The van der Waals surface area contributed by atoms with Crippen molar-refractivity contribution in [1.82, 2.24) is 0 Å². The van der Waals surface area contributed by atoms with Gasteiger partial charge in [0.25, 0.3) is 0 Å². The van der Waals surface area contributed by atoms with Gasteiger partial charge in [-0.15, -0.1) is 0 Å². The van der Waals surface area contributed by atoms with Crippen LogP contribution in [0.5, 0.6) is 0 Å². The number of rotatable bonds is 8. The Morgan fingerprint density at radius 2 is 1.93 bits per heavy atom. The highest BCUT2D eigenvalue weighted by Crippen LogP contribution is 2.28. The van der Waals surface area contributed by atoms with Crippen molar-refractivity contribution in [3.05, 3.63) is 23.3 Å². The maximum atomic E-state index is 11.7. The van der Waals surface area contributed by atoms with Crippen molar-refractivity contribution >= 4 is 24.9 Å². The van der Waals surface area contributed by atoms with E-state index in [9.17, 15) is 9.90 Å². The summed E-state index contributed by atoms with van der Waals surface area (Å²) in [6, 6.07) is 4.44. The van der Waals surface area contributed by atoms with Crippen LogP contribution < -0.4 is 10.4 Å². The highest BCUT2D eigenvalue weighted by Gasteiger charge is 2.35. The monoisotopic (exact) mass is 375 g/mol. The first kappa shape index (κ1) is 21.9. The van der Waals surface area contributed by atoms with E-state index in [1.54, 1.807) is 13.8 Å². The van der Waals surface area contributed by atoms with Crippen molar-refractivity contribution in [3.8, 4) is 0 Å². The second kappa shape index (κ2) is 8.76. The number of carbonyl (C=O) groups excluding carboxylic acids is 1. The third-order valence-corrected chi connectivity index (χ3v) is 5.96. The molecule has 0 amide bonds. The fourth-order valence-electron chi connectivity index (χ4n) is 3.35. The lowest BCUT2D eigenvalue weighted by molar-refractivity contribution is -0.0893. The molecule has 0 spiro atoms. The number of anilines is 1. The zero-order valence-electron chi connectivity index (χ0n) is 17.7. The summed E-state index contributed by atoms with van der Waals surface area (Å²) >= 11 is 0. The van der Waals surface area contributed by atoms with Gasteiger partial charge in [0.15, 0.2) is 0 Å². The molecule has 0 unspecified atom stereocenters. The smallest absolute Gasteiger partial charge is 0.309 e. The second-order valence-electron chi connectivity index (χ2n) is 8.43. The number of aliphatic hydroxyl groups is 1. The summed E-state index contributed by atoms with van der Waals surface area (Å²) in [6.07, 6.45) is 2.91. The minimum Gasteiger partial charge on any atom is -0.427 e. The quantitative estimate of drug-likeness (QED) is 0.558. The summed E-state index contributed by atoms with van der Waals surface area (Å²) in [5.74, 6) is 0. The Balaban J connectivity index is 2.32. The molecular weight excluding hydrogens is 341 g/mol. The lowest BCUT2D eigenvalue weighted by Gasteiger charge is -2.38. The number of hydrogen-bond donors (Lipinski definition) is 1. The van der Waals surface area contributed by atoms with Crippen molar-refractivity contribution in [2.45, 2.75) is 71.6 Å². The van der Waals surface area contributed by atoms with Crippen molar-refractivity contribution in [3.63, 3.8) is 0 Å². The second-order valence-corrected chi connectivity index (χ2v) is 8.43. The molecule has 1 fully saturated rings. The molecule has 150 valence electrons. The van der Waals surface area contributed by atoms with Gasteiger partial charge in [0.1, 0.15) is 6.29 Å². The number of aldehydes is 1. The van der Waals surface area contributed by atoms with Gasteiger partial charge in [0.05, 0.1) is 11.2 Å². The number of hydrogen-bond acceptors (Lipinski definition) is 5. The molecule has 2 rings (SSSR count). The normalized spacial score (nSPS) is 16.3. The Morgan fingerprint density at radius 3 is 2.44 bits per heavy atom. The van der Waals surface area contributed by atoms with E-state index in [0.717, 1.165) is 55.6 Å². The molecule has 0 aliphatic carbocycles. The predicted octanol–water partition coefficient (Wildman–Crippen LogP) is 2.36. The van der Waals surface area contributed by atoms with Crippen LogP contribution in [0.3, 0.4) is 0 Å². The van der Waals surface area contributed by atoms with Crippen LogP contribution >= 0.6 is 0 Å². The van der Waals surface area contributed by atoms with Gasteiger partial charge < -0.3 is 19.4 Å². The van der Waals surface area contributed by atoms with Crippen LogP contribution in [0.25, 0.3) is 0 Å². The first-order valence-electron chi connectivity index (χ1n) is 9.90. The summed E-state index contributed by atoms with van der Waals surface area (Å²) in [7, 11) is 0.344. The van der Waals surface area contributed by atoms with Crippen molar-refractivity contribution in [2.24, 2.45) is 0 Å².